The van der Waals surface area contributed by atoms with Crippen LogP contribution < -0.4 is 45.3 Å². The number of nitrogens with two attached hydrogens (primary N) is 1. The molecule has 28 heavy (non-hydrogen) atoms. The van der Waals surface area contributed by atoms with Crippen molar-refractivity contribution in [2.75, 3.05) is 26.2 Å². The third-order valence-corrected chi connectivity index (χ3v) is 4.33. The maximum absolute atomic E-state index is 7.62. The fourth-order valence-corrected chi connectivity index (χ4v) is 2.87. The van der Waals surface area contributed by atoms with Gasteiger partial charge in [-0.05, 0) is 25.9 Å². The van der Waals surface area contributed by atoms with Gasteiger partial charge in [-0.2, -0.15) is 6.07 Å². The van der Waals surface area contributed by atoms with E-state index in [0.717, 1.165) is 40.6 Å². The summed E-state index contributed by atoms with van der Waals surface area (Å²) in [6.45, 7) is 4.71. The van der Waals surface area contributed by atoms with Gasteiger partial charge in [0.15, 0.2) is 0 Å². The summed E-state index contributed by atoms with van der Waals surface area (Å²) in [7, 11) is 0. The monoisotopic (exact) mass is 406 g/mol. The third kappa shape index (κ3) is 8.29. The van der Waals surface area contributed by atoms with Crippen LogP contribution >= 0.6 is 12.2 Å². The Bertz CT molecular complexity index is 763. The predicted octanol–water partition coefficient (Wildman–Crippen LogP) is -2.02. The van der Waals surface area contributed by atoms with E-state index in [4.69, 9.17) is 11.3 Å². The second-order valence-corrected chi connectivity index (χ2v) is 6.32. The van der Waals surface area contributed by atoms with Gasteiger partial charge in [0.2, 0.25) is 0 Å². The second kappa shape index (κ2) is 14.5. The molecule has 142 valence electrons. The molecule has 3 heterocycles. The van der Waals surface area contributed by atoms with Gasteiger partial charge in [-0.3, -0.25) is 0 Å². The van der Waals surface area contributed by atoms with E-state index in [1.165, 1.54) is 38.7 Å². The number of rotatable bonds is 8. The Kier molecular flexibility index (Phi) is 12.8. The van der Waals surface area contributed by atoms with Crippen LogP contribution in [-0.2, 0) is 0 Å². The zero-order valence-electron chi connectivity index (χ0n) is 16.2. The minimum Gasteiger partial charge on any atom is -0.586 e. The van der Waals surface area contributed by atoms with Gasteiger partial charge in [0.1, 0.15) is 11.8 Å². The molecule has 5 N–H and O–H groups in total. The molecular weight excluding hydrogens is 381 g/mol. The van der Waals surface area contributed by atoms with Crippen LogP contribution in [0.5, 0.6) is 0 Å². The van der Waals surface area contributed by atoms with Gasteiger partial charge in [0.25, 0.3) is 5.52 Å². The Morgan fingerprint density at radius 1 is 1.50 bits per heavy atom. The molecule has 3 rings (SSSR count). The van der Waals surface area contributed by atoms with Gasteiger partial charge in [0.05, 0.1) is 12.1 Å². The van der Waals surface area contributed by atoms with E-state index in [0.29, 0.717) is 0 Å². The molecule has 0 amide bonds. The molecule has 1 aliphatic rings. The van der Waals surface area contributed by atoms with Gasteiger partial charge in [-0.1, -0.05) is 35.5 Å². The molecule has 0 radical (unpaired) electrons. The van der Waals surface area contributed by atoms with E-state index in [1.54, 1.807) is 6.07 Å². The molecule has 0 spiro atoms. The van der Waals surface area contributed by atoms with Gasteiger partial charge in [-0.25, -0.2) is 0 Å². The number of nitrogens with zero attached hydrogens (tertiary/aromatic N) is 3. The Morgan fingerprint density at radius 3 is 2.93 bits per heavy atom. The van der Waals surface area contributed by atoms with Crippen molar-refractivity contribution < 1.29 is 39.9 Å². The summed E-state index contributed by atoms with van der Waals surface area (Å²) in [5.74, 6) is 6.04. The van der Waals surface area contributed by atoms with E-state index in [2.05, 4.69) is 44.8 Å². The standard InChI is InChI=1S/C18H21N5.CH3N2S.Na/c19-12-16(13-20-6-4-10-23-8-1-2-9-23)15-11-18-17(22-14-15)5-3-7-21-18;2-3-1-4;/h3,5,11-13,19-20H,1-2,4,6,8-10H2;1-2H,(H,3,4);/q;-1;+1/p+1/b16-13+,19-12?;;. The van der Waals surface area contributed by atoms with Gasteiger partial charge < -0.3 is 31.9 Å². The number of pyridine rings is 1. The summed E-state index contributed by atoms with van der Waals surface area (Å²) in [4.78, 5) is 11.0. The SMILES string of the molecule is N=C/C(=C\[NH2+]CCCN1CCCC1)c1c#[n+]c2cc[c-]nc2c1.[NH-]NC=S.[Na+]. The minimum atomic E-state index is 0. The number of nitrogens with one attached hydrogen (secondary N) is 3. The average molecular weight is 407 g/mol. The van der Waals surface area contributed by atoms with Crippen molar-refractivity contribution in [2.45, 2.75) is 19.3 Å². The largest absolute Gasteiger partial charge is 1.00 e. The summed E-state index contributed by atoms with van der Waals surface area (Å²) in [5, 5.41) is 9.76. The number of allylic oxidation sites excluding steroid dienone is 1. The molecule has 1 aliphatic heterocycles. The topological polar surface area (TPSA) is 107 Å². The van der Waals surface area contributed by atoms with Crippen molar-refractivity contribution in [2.24, 2.45) is 0 Å². The smallest absolute Gasteiger partial charge is 0.586 e. The van der Waals surface area contributed by atoms with Gasteiger partial charge >= 0.3 is 35.8 Å². The maximum atomic E-state index is 7.62. The zero-order valence-corrected chi connectivity index (χ0v) is 19.1. The summed E-state index contributed by atoms with van der Waals surface area (Å²) in [5.41, 5.74) is 6.19. The number of hydrogen-bond acceptors (Lipinski definition) is 4. The number of aromatic nitrogens is 2. The number of likely N-dealkylation sites (tertiary alicyclic amines) is 1. The first-order chi connectivity index (χ1) is 13.3. The van der Waals surface area contributed by atoms with Crippen molar-refractivity contribution in [1.29, 1.82) is 5.41 Å². The van der Waals surface area contributed by atoms with Crippen molar-refractivity contribution in [3.8, 4) is 0 Å². The number of thiocarbonyl (C=S) groups is 1. The van der Waals surface area contributed by atoms with Crippen LogP contribution in [0.25, 0.3) is 22.4 Å². The molecule has 0 saturated carbocycles. The fourth-order valence-electron chi connectivity index (χ4n) is 2.87. The van der Waals surface area contributed by atoms with Crippen LogP contribution in [-0.4, -0.2) is 47.8 Å². The number of hydrogen-bond donors (Lipinski definition) is 3. The van der Waals surface area contributed by atoms with Crippen LogP contribution in [0, 0.1) is 17.8 Å². The molecule has 7 nitrogen and oxygen atoms in total. The molecule has 2 aromatic heterocycles. The Labute approximate surface area is 194 Å². The molecule has 0 atom stereocenters. The Morgan fingerprint density at radius 2 is 2.25 bits per heavy atom. The van der Waals surface area contributed by atoms with Crippen molar-refractivity contribution in [3.05, 3.63) is 48.2 Å². The molecule has 1 saturated heterocycles. The van der Waals surface area contributed by atoms with Gasteiger partial charge in [0, 0.05) is 30.2 Å². The first kappa shape index (κ1) is 24.6. The van der Waals surface area contributed by atoms with Crippen molar-refractivity contribution >= 4 is 40.5 Å². The summed E-state index contributed by atoms with van der Waals surface area (Å²) < 4.78 is 0. The predicted molar refractivity (Wildman–Crippen MR) is 110 cm³/mol. The molecule has 0 unspecified atom stereocenters. The quantitative estimate of drug-likeness (QED) is 0.117. The molecular formula is C19H25N7NaS+. The zero-order chi connectivity index (χ0) is 19.3. The van der Waals surface area contributed by atoms with Crippen LogP contribution in [0.4, 0.5) is 0 Å². The molecule has 0 aromatic carbocycles. The van der Waals surface area contributed by atoms with Crippen LogP contribution in [0.3, 0.4) is 0 Å². The van der Waals surface area contributed by atoms with Crippen molar-refractivity contribution in [3.63, 3.8) is 0 Å². The number of quaternary nitrogens is 1. The van der Waals surface area contributed by atoms with E-state index >= 15 is 0 Å². The Hall–Kier alpha value is -1.44. The molecule has 0 bridgehead atoms. The normalized spacial score (nSPS) is 13.7. The molecule has 2 aromatic rings. The third-order valence-electron chi connectivity index (χ3n) is 4.21. The molecule has 1 fully saturated rings. The van der Waals surface area contributed by atoms with Crippen LogP contribution in [0.2, 0.25) is 0 Å². The average Bonchev–Trinajstić information content (AvgIpc) is 3.24. The van der Waals surface area contributed by atoms with E-state index in [1.807, 2.05) is 23.8 Å². The molecule has 0 aliphatic carbocycles. The fraction of sp³-hybridized carbons (Fsp3) is 0.368. The van der Waals surface area contributed by atoms with Crippen LogP contribution in [0.15, 0.2) is 24.4 Å². The maximum Gasteiger partial charge on any atom is 1.00 e. The summed E-state index contributed by atoms with van der Waals surface area (Å²) in [6, 6.07) is 5.51. The van der Waals surface area contributed by atoms with Crippen molar-refractivity contribution in [1.82, 2.24) is 15.3 Å². The first-order valence-corrected chi connectivity index (χ1v) is 9.43. The summed E-state index contributed by atoms with van der Waals surface area (Å²) >= 11 is 4.13. The first-order valence-electron chi connectivity index (χ1n) is 8.96. The van der Waals surface area contributed by atoms with E-state index in [-0.39, 0.29) is 29.6 Å². The minimum absolute atomic E-state index is 0. The van der Waals surface area contributed by atoms with Gasteiger partial charge in [-0.15, -0.1) is 0 Å². The summed E-state index contributed by atoms with van der Waals surface area (Å²) in [6.07, 6.45) is 13.0. The van der Waals surface area contributed by atoms with E-state index in [9.17, 15) is 0 Å². The van der Waals surface area contributed by atoms with E-state index < -0.39 is 0 Å². The van der Waals surface area contributed by atoms with Crippen LogP contribution in [0.1, 0.15) is 24.8 Å². The second-order valence-electron chi connectivity index (χ2n) is 6.08. The molecule has 9 heteroatoms. The number of fused-ring (bicyclic) bond motifs is 1. The Balaban J connectivity index is 0.000000717.